The van der Waals surface area contributed by atoms with Crippen molar-refractivity contribution < 1.29 is 18.0 Å². The third kappa shape index (κ3) is 4.45. The van der Waals surface area contributed by atoms with E-state index in [-0.39, 0.29) is 11.4 Å². The Labute approximate surface area is 185 Å². The zero-order chi connectivity index (χ0) is 22.9. The molecular weight excluding hydrogens is 439 g/mol. The van der Waals surface area contributed by atoms with Crippen LogP contribution in [0.2, 0.25) is 0 Å². The van der Waals surface area contributed by atoms with Crippen molar-refractivity contribution in [2.75, 3.05) is 11.1 Å². The minimum Gasteiger partial charge on any atom is -0.325 e. The molecule has 2 aromatic heterocycles. The molecule has 1 N–H and O–H groups in total. The minimum absolute atomic E-state index is 0.118. The molecule has 2 heterocycles. The number of nitrogens with zero attached hydrogens (tertiary/aromatic N) is 4. The highest BCUT2D eigenvalue weighted by Gasteiger charge is 2.33. The average molecular weight is 457 g/mol. The summed E-state index contributed by atoms with van der Waals surface area (Å²) in [7, 11) is 0. The van der Waals surface area contributed by atoms with Crippen molar-refractivity contribution >= 4 is 34.4 Å². The van der Waals surface area contributed by atoms with E-state index in [1.54, 1.807) is 10.9 Å². The Hall–Kier alpha value is -3.40. The van der Waals surface area contributed by atoms with Gasteiger partial charge in [0.25, 0.3) is 0 Å². The first kappa shape index (κ1) is 21.8. The quantitative estimate of drug-likeness (QED) is 0.330. The summed E-state index contributed by atoms with van der Waals surface area (Å²) in [5.74, 6) is -0.687. The summed E-state index contributed by atoms with van der Waals surface area (Å²) in [5.41, 5.74) is 2.45. The molecular formula is C22H18F3N5OS. The molecule has 0 saturated heterocycles. The van der Waals surface area contributed by atoms with Crippen molar-refractivity contribution in [2.45, 2.75) is 25.0 Å². The largest absolute Gasteiger partial charge is 0.418 e. The second-order valence-corrected chi connectivity index (χ2v) is 8.11. The van der Waals surface area contributed by atoms with Gasteiger partial charge in [0, 0.05) is 0 Å². The van der Waals surface area contributed by atoms with Crippen molar-refractivity contribution in [3.63, 3.8) is 0 Å². The van der Waals surface area contributed by atoms with Gasteiger partial charge in [0.1, 0.15) is 11.4 Å². The van der Waals surface area contributed by atoms with Crippen LogP contribution in [0.5, 0.6) is 0 Å². The van der Waals surface area contributed by atoms with Crippen LogP contribution in [-0.2, 0) is 11.0 Å². The summed E-state index contributed by atoms with van der Waals surface area (Å²) < 4.78 is 41.1. The van der Waals surface area contributed by atoms with Crippen LogP contribution >= 0.6 is 11.8 Å². The van der Waals surface area contributed by atoms with Gasteiger partial charge in [0.2, 0.25) is 5.91 Å². The van der Waals surface area contributed by atoms with Gasteiger partial charge in [-0.15, -0.1) is 0 Å². The van der Waals surface area contributed by atoms with Gasteiger partial charge in [-0.1, -0.05) is 41.6 Å². The predicted octanol–water partition coefficient (Wildman–Crippen LogP) is 5.18. The van der Waals surface area contributed by atoms with Gasteiger partial charge < -0.3 is 5.32 Å². The lowest BCUT2D eigenvalue weighted by Crippen LogP contribution is -2.18. The molecule has 6 nitrogen and oxygen atoms in total. The molecule has 0 aliphatic heterocycles. The number of halogens is 3. The molecule has 4 aromatic rings. The van der Waals surface area contributed by atoms with Crippen LogP contribution in [0, 0.1) is 13.8 Å². The Morgan fingerprint density at radius 1 is 1.12 bits per heavy atom. The number of hydrogen-bond acceptors (Lipinski definition) is 5. The molecule has 4 rings (SSSR count). The topological polar surface area (TPSA) is 72.7 Å². The van der Waals surface area contributed by atoms with Gasteiger partial charge in [0.05, 0.1) is 34.3 Å². The number of rotatable bonds is 5. The van der Waals surface area contributed by atoms with E-state index in [4.69, 9.17) is 0 Å². The van der Waals surface area contributed by atoms with E-state index in [2.05, 4.69) is 20.4 Å². The van der Waals surface area contributed by atoms with Gasteiger partial charge in [-0.3, -0.25) is 4.79 Å². The summed E-state index contributed by atoms with van der Waals surface area (Å²) in [6, 6.07) is 10.8. The number of thioether (sulfide) groups is 1. The summed E-state index contributed by atoms with van der Waals surface area (Å²) in [6.45, 7) is 3.99. The molecule has 2 aromatic carbocycles. The van der Waals surface area contributed by atoms with E-state index in [1.165, 1.54) is 24.5 Å². The Kier molecular flexibility index (Phi) is 5.88. The molecule has 164 valence electrons. The molecule has 0 spiro atoms. The summed E-state index contributed by atoms with van der Waals surface area (Å²) in [6.07, 6.45) is -1.56. The smallest absolute Gasteiger partial charge is 0.325 e. The van der Waals surface area contributed by atoms with Crippen LogP contribution in [-0.4, -0.2) is 31.4 Å². The van der Waals surface area contributed by atoms with Gasteiger partial charge in [-0.25, -0.2) is 14.6 Å². The molecule has 0 radical (unpaired) electrons. The van der Waals surface area contributed by atoms with E-state index >= 15 is 0 Å². The number of hydrogen-bond donors (Lipinski definition) is 1. The second kappa shape index (κ2) is 8.62. The number of alkyl halides is 3. The van der Waals surface area contributed by atoms with E-state index < -0.39 is 17.6 Å². The van der Waals surface area contributed by atoms with Gasteiger partial charge in [0.15, 0.2) is 5.65 Å². The molecule has 0 atom stereocenters. The lowest BCUT2D eigenvalue weighted by Gasteiger charge is -2.13. The Balaban J connectivity index is 1.54. The van der Waals surface area contributed by atoms with E-state index in [9.17, 15) is 18.0 Å². The first-order valence-electron chi connectivity index (χ1n) is 9.59. The Morgan fingerprint density at radius 2 is 1.91 bits per heavy atom. The SMILES string of the molecule is Cc1ccc(-n2ncc3c(SCC(=O)Nc4ccccc4C(F)(F)F)ncnc32)c(C)c1. The number of aromatic nitrogens is 4. The van der Waals surface area contributed by atoms with Crippen LogP contribution in [0.4, 0.5) is 18.9 Å². The summed E-state index contributed by atoms with van der Waals surface area (Å²) >= 11 is 1.11. The number of para-hydroxylation sites is 1. The maximum Gasteiger partial charge on any atom is 0.418 e. The van der Waals surface area contributed by atoms with Gasteiger partial charge in [-0.2, -0.15) is 18.3 Å². The van der Waals surface area contributed by atoms with Crippen LogP contribution < -0.4 is 5.32 Å². The number of carbonyl (C=O) groups excluding carboxylic acids is 1. The van der Waals surface area contributed by atoms with E-state index in [0.29, 0.717) is 16.1 Å². The Bertz CT molecular complexity index is 1300. The molecule has 0 fully saturated rings. The zero-order valence-corrected chi connectivity index (χ0v) is 18.0. The average Bonchev–Trinajstić information content (AvgIpc) is 3.16. The van der Waals surface area contributed by atoms with Crippen molar-refractivity contribution in [3.05, 3.63) is 71.7 Å². The summed E-state index contributed by atoms with van der Waals surface area (Å²) in [4.78, 5) is 20.9. The number of anilines is 1. The normalized spacial score (nSPS) is 11.7. The monoisotopic (exact) mass is 457 g/mol. The van der Waals surface area contributed by atoms with Crippen LogP contribution in [0.15, 0.2) is 60.0 Å². The molecule has 0 bridgehead atoms. The molecule has 10 heteroatoms. The number of amides is 1. The molecule has 0 aliphatic carbocycles. The third-order valence-corrected chi connectivity index (χ3v) is 5.76. The highest BCUT2D eigenvalue weighted by atomic mass is 32.2. The van der Waals surface area contributed by atoms with E-state index in [0.717, 1.165) is 34.6 Å². The van der Waals surface area contributed by atoms with Gasteiger partial charge in [-0.05, 0) is 37.6 Å². The fraction of sp³-hybridized carbons (Fsp3) is 0.182. The second-order valence-electron chi connectivity index (χ2n) is 7.14. The van der Waals surface area contributed by atoms with E-state index in [1.807, 2.05) is 32.0 Å². The molecule has 0 aliphatic rings. The first-order chi connectivity index (χ1) is 15.2. The summed E-state index contributed by atoms with van der Waals surface area (Å²) in [5, 5.41) is 7.93. The van der Waals surface area contributed by atoms with Crippen molar-refractivity contribution in [1.82, 2.24) is 19.7 Å². The molecule has 1 amide bonds. The van der Waals surface area contributed by atoms with Crippen LogP contribution in [0.25, 0.3) is 16.7 Å². The number of carbonyl (C=O) groups is 1. The lowest BCUT2D eigenvalue weighted by atomic mass is 10.1. The Morgan fingerprint density at radius 3 is 2.66 bits per heavy atom. The maximum absolute atomic E-state index is 13.1. The number of aryl methyl sites for hydroxylation is 2. The number of nitrogens with one attached hydrogen (secondary N) is 1. The molecule has 0 unspecified atom stereocenters. The number of fused-ring (bicyclic) bond motifs is 1. The maximum atomic E-state index is 13.1. The molecule has 0 saturated carbocycles. The van der Waals surface area contributed by atoms with Gasteiger partial charge >= 0.3 is 6.18 Å². The third-order valence-electron chi connectivity index (χ3n) is 4.76. The zero-order valence-electron chi connectivity index (χ0n) is 17.1. The van der Waals surface area contributed by atoms with Crippen molar-refractivity contribution in [3.8, 4) is 5.69 Å². The van der Waals surface area contributed by atoms with Crippen LogP contribution in [0.3, 0.4) is 0 Å². The highest BCUT2D eigenvalue weighted by Crippen LogP contribution is 2.35. The standard InChI is InChI=1S/C22H18F3N5OS/c1-13-7-8-18(14(2)9-13)30-20-15(10-28-30)21(27-12-26-20)32-11-19(31)29-17-6-4-3-5-16(17)22(23,24)25/h3-10,12H,11H2,1-2H3,(H,29,31). The minimum atomic E-state index is -4.56. The fourth-order valence-corrected chi connectivity index (χ4v) is 4.08. The van der Waals surface area contributed by atoms with Crippen molar-refractivity contribution in [1.29, 1.82) is 0 Å². The van der Waals surface area contributed by atoms with Crippen LogP contribution in [0.1, 0.15) is 16.7 Å². The fourth-order valence-electron chi connectivity index (χ4n) is 3.32. The first-order valence-corrected chi connectivity index (χ1v) is 10.6. The predicted molar refractivity (Wildman–Crippen MR) is 117 cm³/mol. The number of benzene rings is 2. The molecule has 32 heavy (non-hydrogen) atoms. The lowest BCUT2D eigenvalue weighted by molar-refractivity contribution is -0.137. The highest BCUT2D eigenvalue weighted by molar-refractivity contribution is 8.00. The van der Waals surface area contributed by atoms with Crippen molar-refractivity contribution in [2.24, 2.45) is 0 Å².